The lowest BCUT2D eigenvalue weighted by Gasteiger charge is -2.17. The van der Waals surface area contributed by atoms with E-state index in [1.807, 2.05) is 24.3 Å². The Hall–Kier alpha value is -2.19. The molecule has 1 aromatic heterocycles. The van der Waals surface area contributed by atoms with Crippen LogP contribution in [0.15, 0.2) is 42.5 Å². The summed E-state index contributed by atoms with van der Waals surface area (Å²) < 4.78 is 1.03. The van der Waals surface area contributed by atoms with Crippen molar-refractivity contribution in [3.8, 4) is 0 Å². The Bertz CT molecular complexity index is 990. The molecule has 26 heavy (non-hydrogen) atoms. The van der Waals surface area contributed by atoms with Crippen LogP contribution in [0.1, 0.15) is 6.42 Å². The van der Waals surface area contributed by atoms with Crippen LogP contribution in [0.5, 0.6) is 0 Å². The fraction of sp³-hybridized carbons (Fsp3) is 0.118. The third-order valence-electron chi connectivity index (χ3n) is 3.94. The maximum atomic E-state index is 12.6. The number of hydrazine groups is 1. The predicted molar refractivity (Wildman–Crippen MR) is 104 cm³/mol. The van der Waals surface area contributed by atoms with Gasteiger partial charge in [-0.2, -0.15) is 0 Å². The van der Waals surface area contributed by atoms with E-state index < -0.39 is 6.04 Å². The van der Waals surface area contributed by atoms with Crippen molar-refractivity contribution in [2.24, 2.45) is 0 Å². The summed E-state index contributed by atoms with van der Waals surface area (Å²) in [5.74, 6) is -0.712. The standard InChI is InChI=1S/C17H12Cl2N4O2S/c18-9-5-6-13(10(19)7-9)23-15(24)8-12(16(23)25)21-22-17-20-11-3-1-2-4-14(11)26-17/h1-7,12,21H,8H2,(H,20,22)/t12-/m1/s1. The highest BCUT2D eigenvalue weighted by atomic mass is 35.5. The van der Waals surface area contributed by atoms with Crippen LogP contribution >= 0.6 is 34.5 Å². The molecule has 1 aliphatic heterocycles. The molecule has 2 heterocycles. The normalized spacial score (nSPS) is 17.3. The van der Waals surface area contributed by atoms with Gasteiger partial charge < -0.3 is 0 Å². The van der Waals surface area contributed by atoms with Crippen LogP contribution in [0.2, 0.25) is 10.0 Å². The van der Waals surface area contributed by atoms with E-state index in [1.54, 1.807) is 12.1 Å². The average molecular weight is 407 g/mol. The number of rotatable bonds is 4. The number of imide groups is 1. The van der Waals surface area contributed by atoms with Gasteiger partial charge in [0.25, 0.3) is 5.91 Å². The van der Waals surface area contributed by atoms with Gasteiger partial charge >= 0.3 is 0 Å². The second-order valence-electron chi connectivity index (χ2n) is 5.68. The molecule has 1 atom stereocenters. The van der Waals surface area contributed by atoms with E-state index in [4.69, 9.17) is 23.2 Å². The van der Waals surface area contributed by atoms with Gasteiger partial charge in [-0.05, 0) is 30.3 Å². The van der Waals surface area contributed by atoms with Crippen molar-refractivity contribution in [3.63, 3.8) is 0 Å². The zero-order valence-electron chi connectivity index (χ0n) is 13.2. The number of aromatic nitrogens is 1. The van der Waals surface area contributed by atoms with Gasteiger partial charge in [0.05, 0.1) is 27.3 Å². The topological polar surface area (TPSA) is 74.3 Å². The third-order valence-corrected chi connectivity index (χ3v) is 5.43. The number of para-hydroxylation sites is 1. The molecule has 0 radical (unpaired) electrons. The highest BCUT2D eigenvalue weighted by Crippen LogP contribution is 2.32. The lowest BCUT2D eigenvalue weighted by Crippen LogP contribution is -2.41. The molecule has 0 spiro atoms. The van der Waals surface area contributed by atoms with Crippen LogP contribution in [0.25, 0.3) is 10.2 Å². The van der Waals surface area contributed by atoms with Gasteiger partial charge in [0.2, 0.25) is 5.91 Å². The van der Waals surface area contributed by atoms with E-state index in [0.29, 0.717) is 15.8 Å². The van der Waals surface area contributed by atoms with Crippen molar-refractivity contribution in [2.45, 2.75) is 12.5 Å². The molecular formula is C17H12Cl2N4O2S. The summed E-state index contributed by atoms with van der Waals surface area (Å²) in [5.41, 5.74) is 7.01. The zero-order chi connectivity index (χ0) is 18.3. The predicted octanol–water partition coefficient (Wildman–Crippen LogP) is 3.85. The first kappa shape index (κ1) is 17.2. The number of carbonyl (C=O) groups excluding carboxylic acids is 2. The summed E-state index contributed by atoms with van der Waals surface area (Å²) in [6.45, 7) is 0. The molecule has 6 nitrogen and oxygen atoms in total. The Morgan fingerprint density at radius 1 is 1.15 bits per heavy atom. The first-order valence-corrected chi connectivity index (χ1v) is 9.29. The van der Waals surface area contributed by atoms with E-state index in [0.717, 1.165) is 15.1 Å². The largest absolute Gasteiger partial charge is 0.296 e. The summed E-state index contributed by atoms with van der Waals surface area (Å²) in [7, 11) is 0. The van der Waals surface area contributed by atoms with Crippen LogP contribution in [0, 0.1) is 0 Å². The molecule has 1 aliphatic rings. The summed E-state index contributed by atoms with van der Waals surface area (Å²) in [4.78, 5) is 30.5. The molecule has 1 saturated heterocycles. The molecule has 2 N–H and O–H groups in total. The van der Waals surface area contributed by atoms with E-state index in [9.17, 15) is 9.59 Å². The monoisotopic (exact) mass is 406 g/mol. The average Bonchev–Trinajstić information content (AvgIpc) is 3.14. The van der Waals surface area contributed by atoms with Crippen molar-refractivity contribution in [1.29, 1.82) is 0 Å². The highest BCUT2D eigenvalue weighted by molar-refractivity contribution is 7.22. The highest BCUT2D eigenvalue weighted by Gasteiger charge is 2.40. The maximum Gasteiger partial charge on any atom is 0.253 e. The van der Waals surface area contributed by atoms with Crippen LogP contribution in [-0.2, 0) is 9.59 Å². The molecule has 1 fully saturated rings. The SMILES string of the molecule is O=C1C[C@@H](NNc2nc3ccccc3s2)C(=O)N1c1ccc(Cl)cc1Cl. The Morgan fingerprint density at radius 3 is 2.73 bits per heavy atom. The number of thiazole rings is 1. The molecule has 0 aliphatic carbocycles. The number of benzene rings is 2. The second-order valence-corrected chi connectivity index (χ2v) is 7.55. The van der Waals surface area contributed by atoms with Crippen LogP contribution in [-0.4, -0.2) is 22.8 Å². The molecule has 0 saturated carbocycles. The molecule has 2 aromatic carbocycles. The Balaban J connectivity index is 1.50. The summed E-state index contributed by atoms with van der Waals surface area (Å²) in [5, 5.41) is 1.30. The number of carbonyl (C=O) groups is 2. The number of halogens is 2. The molecular weight excluding hydrogens is 395 g/mol. The molecule has 9 heteroatoms. The Morgan fingerprint density at radius 2 is 1.96 bits per heavy atom. The number of amides is 2. The van der Waals surface area contributed by atoms with Crippen molar-refractivity contribution in [2.75, 3.05) is 10.3 Å². The molecule has 0 unspecified atom stereocenters. The minimum Gasteiger partial charge on any atom is -0.296 e. The minimum atomic E-state index is -0.707. The van der Waals surface area contributed by atoms with Gasteiger partial charge in [0.15, 0.2) is 5.13 Å². The maximum absolute atomic E-state index is 12.6. The number of fused-ring (bicyclic) bond motifs is 1. The Labute approximate surface area is 162 Å². The fourth-order valence-electron chi connectivity index (χ4n) is 2.73. The van der Waals surface area contributed by atoms with Crippen molar-refractivity contribution >= 4 is 67.4 Å². The van der Waals surface area contributed by atoms with Gasteiger partial charge in [-0.3, -0.25) is 15.0 Å². The number of nitrogens with zero attached hydrogens (tertiary/aromatic N) is 2. The smallest absolute Gasteiger partial charge is 0.253 e. The van der Waals surface area contributed by atoms with Crippen molar-refractivity contribution < 1.29 is 9.59 Å². The number of hydrogen-bond acceptors (Lipinski definition) is 6. The number of hydrogen-bond donors (Lipinski definition) is 2. The lowest BCUT2D eigenvalue weighted by molar-refractivity contribution is -0.121. The first-order chi connectivity index (χ1) is 12.5. The quantitative estimate of drug-likeness (QED) is 0.508. The lowest BCUT2D eigenvalue weighted by atomic mass is 10.2. The number of nitrogens with one attached hydrogen (secondary N) is 2. The summed E-state index contributed by atoms with van der Waals surface area (Å²) in [6, 6.07) is 11.7. The van der Waals surface area contributed by atoms with Crippen LogP contribution in [0.4, 0.5) is 10.8 Å². The van der Waals surface area contributed by atoms with E-state index in [2.05, 4.69) is 15.8 Å². The number of anilines is 2. The zero-order valence-corrected chi connectivity index (χ0v) is 15.5. The third kappa shape index (κ3) is 3.14. The fourth-order valence-corrected chi connectivity index (χ4v) is 4.06. The van der Waals surface area contributed by atoms with E-state index >= 15 is 0 Å². The first-order valence-electron chi connectivity index (χ1n) is 7.72. The molecule has 132 valence electrons. The van der Waals surface area contributed by atoms with Gasteiger partial charge in [0.1, 0.15) is 6.04 Å². The van der Waals surface area contributed by atoms with Gasteiger partial charge in [0, 0.05) is 5.02 Å². The van der Waals surface area contributed by atoms with Crippen LogP contribution in [0.3, 0.4) is 0 Å². The molecule has 0 bridgehead atoms. The summed E-state index contributed by atoms with van der Waals surface area (Å²) in [6.07, 6.45) is 0.0235. The minimum absolute atomic E-state index is 0.0235. The summed E-state index contributed by atoms with van der Waals surface area (Å²) >= 11 is 13.5. The van der Waals surface area contributed by atoms with E-state index in [1.165, 1.54) is 17.4 Å². The van der Waals surface area contributed by atoms with E-state index in [-0.39, 0.29) is 23.3 Å². The van der Waals surface area contributed by atoms with Gasteiger partial charge in [-0.25, -0.2) is 15.3 Å². The van der Waals surface area contributed by atoms with Crippen molar-refractivity contribution in [1.82, 2.24) is 10.4 Å². The van der Waals surface area contributed by atoms with Crippen LogP contribution < -0.4 is 15.8 Å². The molecule has 3 aromatic rings. The molecule has 2 amide bonds. The Kier molecular flexibility index (Phi) is 4.54. The van der Waals surface area contributed by atoms with Crippen molar-refractivity contribution in [3.05, 3.63) is 52.5 Å². The second kappa shape index (κ2) is 6.85. The molecule has 4 rings (SSSR count). The van der Waals surface area contributed by atoms with Gasteiger partial charge in [-0.15, -0.1) is 0 Å². The van der Waals surface area contributed by atoms with Gasteiger partial charge in [-0.1, -0.05) is 46.7 Å².